The van der Waals surface area contributed by atoms with E-state index in [0.717, 1.165) is 62.1 Å². The molecule has 1 aromatic rings. The molecule has 1 aromatic heterocycles. The molecule has 4 heteroatoms. The predicted octanol–water partition coefficient (Wildman–Crippen LogP) is 5.74. The van der Waals surface area contributed by atoms with E-state index in [1.165, 1.54) is 16.9 Å². The Morgan fingerprint density at radius 2 is 2.03 bits per heavy atom. The summed E-state index contributed by atoms with van der Waals surface area (Å²) >= 11 is 1.53. The molecule has 1 spiro atoms. The topological polar surface area (TPSA) is 32.8 Å². The van der Waals surface area contributed by atoms with E-state index >= 15 is 0 Å². The molecule has 4 rings (SSSR count). The van der Waals surface area contributed by atoms with Crippen LogP contribution in [0.3, 0.4) is 0 Å². The molecule has 2 heterocycles. The molecule has 2 aliphatic carbocycles. The van der Waals surface area contributed by atoms with Crippen molar-refractivity contribution >= 4 is 22.9 Å². The van der Waals surface area contributed by atoms with E-state index in [2.05, 4.69) is 62.0 Å². The summed E-state index contributed by atoms with van der Waals surface area (Å²) in [7, 11) is 0. The fourth-order valence-corrected chi connectivity index (χ4v) is 5.02. The smallest absolute Gasteiger partial charge is 0.228 e. The number of anilines is 1. The van der Waals surface area contributed by atoms with Gasteiger partial charge in [-0.05, 0) is 72.6 Å². The molecule has 29 heavy (non-hydrogen) atoms. The molecule has 1 saturated heterocycles. The lowest BCUT2D eigenvalue weighted by Crippen LogP contribution is -2.46. The maximum absolute atomic E-state index is 13.6. The van der Waals surface area contributed by atoms with E-state index < -0.39 is 0 Å². The summed E-state index contributed by atoms with van der Waals surface area (Å²) in [5.41, 5.74) is 2.43. The Labute approximate surface area is 179 Å². The van der Waals surface area contributed by atoms with Crippen LogP contribution >= 0.6 is 11.3 Å². The molecular weight excluding hydrogens is 378 g/mol. The van der Waals surface area contributed by atoms with Crippen LogP contribution in [0.4, 0.5) is 5.69 Å². The van der Waals surface area contributed by atoms with E-state index in [-0.39, 0.29) is 28.9 Å². The monoisotopic (exact) mass is 410 g/mol. The molecule has 1 amide bonds. The van der Waals surface area contributed by atoms with Gasteiger partial charge in [0.15, 0.2) is 0 Å². The standard InChI is InChI=1S/C25H32NO2S/c1-18-5-7-19(8-6-18)23(27)26(20-9-13-25(14-10-20)17-28-25)21-15-22(29-16-21)11-12-24(2,3)4/h5,15,19-20H,6-10,13-14,17H2,1-4H3/q-1/t19-,20?,25?/m0/s1. The van der Waals surface area contributed by atoms with Crippen molar-refractivity contribution in [1.82, 2.24) is 0 Å². The minimum atomic E-state index is -0.0338. The van der Waals surface area contributed by atoms with Gasteiger partial charge in [0.2, 0.25) is 5.91 Å². The Bertz CT molecular complexity index is 849. The SMILES string of the molecule is CC1=CC[C@H](C(=O)N(c2[c-]sc(C#CC(C)(C)C)c2)C2CCC3(CC2)CO3)CC1. The zero-order chi connectivity index (χ0) is 20.6. The maximum atomic E-state index is 13.6. The lowest BCUT2D eigenvalue weighted by molar-refractivity contribution is -0.123. The summed E-state index contributed by atoms with van der Waals surface area (Å²) in [6, 6.07) is 2.32. The van der Waals surface area contributed by atoms with Crippen molar-refractivity contribution in [3.8, 4) is 11.8 Å². The van der Waals surface area contributed by atoms with Gasteiger partial charge in [-0.3, -0.25) is 16.1 Å². The highest BCUT2D eigenvalue weighted by atomic mass is 32.1. The first kappa shape index (κ1) is 20.7. The fourth-order valence-electron chi connectivity index (χ4n) is 4.38. The largest absolute Gasteiger partial charge is 0.370 e. The number of ether oxygens (including phenoxy) is 1. The first-order chi connectivity index (χ1) is 13.7. The Morgan fingerprint density at radius 3 is 2.62 bits per heavy atom. The first-order valence-corrected chi connectivity index (χ1v) is 11.7. The molecule has 0 radical (unpaired) electrons. The van der Waals surface area contributed by atoms with Gasteiger partial charge in [0, 0.05) is 17.4 Å². The van der Waals surface area contributed by atoms with Gasteiger partial charge in [-0.1, -0.05) is 27.6 Å². The number of amides is 1. The molecule has 0 bridgehead atoms. The molecular formula is C25H32NO2S-. The van der Waals surface area contributed by atoms with Crippen molar-refractivity contribution in [3.63, 3.8) is 0 Å². The Balaban J connectivity index is 1.57. The molecule has 1 aliphatic heterocycles. The summed E-state index contributed by atoms with van der Waals surface area (Å²) in [4.78, 5) is 16.7. The average molecular weight is 411 g/mol. The van der Waals surface area contributed by atoms with E-state index in [1.54, 1.807) is 0 Å². The van der Waals surface area contributed by atoms with E-state index in [0.29, 0.717) is 0 Å². The zero-order valence-electron chi connectivity index (χ0n) is 18.1. The van der Waals surface area contributed by atoms with Crippen LogP contribution in [0.15, 0.2) is 17.7 Å². The number of hydrogen-bond donors (Lipinski definition) is 0. The molecule has 0 aromatic carbocycles. The zero-order valence-corrected chi connectivity index (χ0v) is 19.0. The Morgan fingerprint density at radius 1 is 1.31 bits per heavy atom. The van der Waals surface area contributed by atoms with Crippen molar-refractivity contribution < 1.29 is 9.53 Å². The van der Waals surface area contributed by atoms with Gasteiger partial charge in [0.25, 0.3) is 0 Å². The van der Waals surface area contributed by atoms with Crippen molar-refractivity contribution in [1.29, 1.82) is 0 Å². The quantitative estimate of drug-likeness (QED) is 0.276. The van der Waals surface area contributed by atoms with Crippen LogP contribution in [0.1, 0.15) is 77.5 Å². The predicted molar refractivity (Wildman–Crippen MR) is 119 cm³/mol. The number of allylic oxidation sites excluding steroid dienone is 2. The van der Waals surface area contributed by atoms with E-state index in [9.17, 15) is 4.79 Å². The fraction of sp³-hybridized carbons (Fsp3) is 0.640. The Kier molecular flexibility index (Phi) is 5.66. The van der Waals surface area contributed by atoms with E-state index in [4.69, 9.17) is 4.74 Å². The van der Waals surface area contributed by atoms with Gasteiger partial charge >= 0.3 is 0 Å². The van der Waals surface area contributed by atoms with Gasteiger partial charge in [0.1, 0.15) is 0 Å². The summed E-state index contributed by atoms with van der Waals surface area (Å²) in [6.45, 7) is 9.42. The minimum absolute atomic E-state index is 0.0338. The second-order valence-electron chi connectivity index (χ2n) is 10.0. The van der Waals surface area contributed by atoms with Crippen LogP contribution in [-0.4, -0.2) is 24.2 Å². The Hall–Kier alpha value is -1.57. The van der Waals surface area contributed by atoms with Gasteiger partial charge in [-0.25, -0.2) is 0 Å². The molecule has 1 atom stereocenters. The molecule has 156 valence electrons. The molecule has 0 N–H and O–H groups in total. The number of rotatable bonds is 3. The minimum Gasteiger partial charge on any atom is -0.370 e. The average Bonchev–Trinajstić information content (AvgIpc) is 3.27. The molecule has 0 unspecified atom stereocenters. The van der Waals surface area contributed by atoms with Crippen molar-refractivity contribution in [2.75, 3.05) is 11.5 Å². The lowest BCUT2D eigenvalue weighted by atomic mass is 9.83. The van der Waals surface area contributed by atoms with Gasteiger partial charge in [0.05, 0.1) is 12.2 Å². The highest BCUT2D eigenvalue weighted by molar-refractivity contribution is 7.10. The maximum Gasteiger partial charge on any atom is 0.228 e. The third-order valence-electron chi connectivity index (χ3n) is 6.36. The second kappa shape index (κ2) is 7.93. The summed E-state index contributed by atoms with van der Waals surface area (Å²) in [6.07, 6.45) is 9.25. The van der Waals surface area contributed by atoms with Crippen molar-refractivity contribution in [3.05, 3.63) is 28.0 Å². The highest BCUT2D eigenvalue weighted by Crippen LogP contribution is 2.44. The lowest BCUT2D eigenvalue weighted by Gasteiger charge is -2.40. The third kappa shape index (κ3) is 4.95. The van der Waals surface area contributed by atoms with Crippen LogP contribution < -0.4 is 4.90 Å². The van der Waals surface area contributed by atoms with Gasteiger partial charge in [-0.2, -0.15) is 6.07 Å². The van der Waals surface area contributed by atoms with Crippen LogP contribution in [0.2, 0.25) is 0 Å². The van der Waals surface area contributed by atoms with Crippen molar-refractivity contribution in [2.45, 2.75) is 84.3 Å². The third-order valence-corrected chi connectivity index (χ3v) is 7.11. The molecule has 3 aliphatic rings. The number of hydrogen-bond acceptors (Lipinski definition) is 3. The number of nitrogens with zero attached hydrogens (tertiary/aromatic N) is 1. The highest BCUT2D eigenvalue weighted by Gasteiger charge is 2.48. The van der Waals surface area contributed by atoms with Gasteiger partial charge < -0.3 is 9.64 Å². The number of carbonyl (C=O) groups excluding carboxylic acids is 1. The van der Waals surface area contributed by atoms with Crippen molar-refractivity contribution in [2.24, 2.45) is 11.3 Å². The summed E-state index contributed by atoms with van der Waals surface area (Å²) in [5, 5.41) is 3.40. The number of thiophene rings is 1. The van der Waals surface area contributed by atoms with Crippen LogP contribution in [0, 0.1) is 28.6 Å². The molecule has 1 saturated carbocycles. The van der Waals surface area contributed by atoms with Crippen LogP contribution in [0.25, 0.3) is 0 Å². The number of epoxide rings is 1. The summed E-state index contributed by atoms with van der Waals surface area (Å²) < 4.78 is 5.69. The van der Waals surface area contributed by atoms with E-state index in [1.807, 2.05) is 0 Å². The molecule has 3 nitrogen and oxygen atoms in total. The van der Waals surface area contributed by atoms with Crippen LogP contribution in [-0.2, 0) is 9.53 Å². The second-order valence-corrected chi connectivity index (χ2v) is 10.9. The molecule has 2 fully saturated rings. The van der Waals surface area contributed by atoms with Crippen LogP contribution in [0.5, 0.6) is 0 Å². The first-order valence-electron chi connectivity index (χ1n) is 10.9. The van der Waals surface area contributed by atoms with Gasteiger partial charge in [-0.15, -0.1) is 11.8 Å². The number of carbonyl (C=O) groups is 1. The normalized spacial score (nSPS) is 29.0. The summed E-state index contributed by atoms with van der Waals surface area (Å²) in [5.74, 6) is 6.94.